The third-order valence-corrected chi connectivity index (χ3v) is 8.86. The van der Waals surface area contributed by atoms with Crippen molar-refractivity contribution in [2.45, 2.75) is 47.0 Å². The molecular formula is C41H36. The number of hydrogen-bond acceptors (Lipinski definition) is 0. The van der Waals surface area contributed by atoms with E-state index in [1.165, 1.54) is 88.7 Å². The molecule has 0 bridgehead atoms. The van der Waals surface area contributed by atoms with Gasteiger partial charge in [0, 0.05) is 0 Å². The van der Waals surface area contributed by atoms with Gasteiger partial charge in [-0.25, -0.2) is 0 Å². The Morgan fingerprint density at radius 1 is 0.439 bits per heavy atom. The van der Waals surface area contributed by atoms with Crippen molar-refractivity contribution in [2.75, 3.05) is 0 Å². The first kappa shape index (κ1) is 25.5. The lowest BCUT2D eigenvalue weighted by Gasteiger charge is -2.20. The van der Waals surface area contributed by atoms with Crippen LogP contribution in [0.25, 0.3) is 66.4 Å². The van der Waals surface area contributed by atoms with Crippen LogP contribution in [0.2, 0.25) is 0 Å². The summed E-state index contributed by atoms with van der Waals surface area (Å²) in [6.45, 7) is 13.5. The van der Waals surface area contributed by atoms with Gasteiger partial charge in [0.15, 0.2) is 0 Å². The van der Waals surface area contributed by atoms with Crippen LogP contribution in [0.5, 0.6) is 0 Å². The molecule has 0 unspecified atom stereocenters. The average Bonchev–Trinajstić information content (AvgIpc) is 3.27. The Balaban J connectivity index is 1.29. The Hall–Kier alpha value is -4.42. The molecule has 0 aromatic heterocycles. The highest BCUT2D eigenvalue weighted by atomic mass is 14.3. The quantitative estimate of drug-likeness (QED) is 0.214. The number of benzene rings is 6. The molecule has 6 aromatic rings. The van der Waals surface area contributed by atoms with Crippen LogP contribution in [0.4, 0.5) is 0 Å². The van der Waals surface area contributed by atoms with Crippen molar-refractivity contribution in [3.05, 3.63) is 131 Å². The van der Waals surface area contributed by atoms with Gasteiger partial charge in [-0.3, -0.25) is 0 Å². The van der Waals surface area contributed by atoms with E-state index in [1.807, 2.05) is 0 Å². The summed E-state index contributed by atoms with van der Waals surface area (Å²) in [5.41, 5.74) is 18.6. The average molecular weight is 529 g/mol. The van der Waals surface area contributed by atoms with Crippen LogP contribution in [0, 0.1) is 20.8 Å². The molecule has 0 aliphatic heterocycles. The fourth-order valence-corrected chi connectivity index (χ4v) is 6.91. The molecule has 0 spiro atoms. The van der Waals surface area contributed by atoms with Gasteiger partial charge >= 0.3 is 0 Å². The number of aryl methyl sites for hydroxylation is 3. The Morgan fingerprint density at radius 3 is 1.78 bits per heavy atom. The topological polar surface area (TPSA) is 0 Å². The zero-order chi connectivity index (χ0) is 28.5. The highest BCUT2D eigenvalue weighted by Crippen LogP contribution is 2.50. The van der Waals surface area contributed by atoms with Gasteiger partial charge in [-0.1, -0.05) is 123 Å². The van der Waals surface area contributed by atoms with E-state index in [4.69, 9.17) is 0 Å². The van der Waals surface area contributed by atoms with Gasteiger partial charge < -0.3 is 0 Å². The van der Waals surface area contributed by atoms with Crippen molar-refractivity contribution in [1.29, 1.82) is 0 Å². The summed E-state index contributed by atoms with van der Waals surface area (Å²) in [5.74, 6) is 0. The van der Waals surface area contributed by atoms with Gasteiger partial charge in [-0.05, 0) is 121 Å². The van der Waals surface area contributed by atoms with E-state index in [9.17, 15) is 0 Å². The molecule has 0 saturated heterocycles. The molecule has 0 N–H and O–H groups in total. The maximum absolute atomic E-state index is 2.41. The van der Waals surface area contributed by atoms with Crippen molar-refractivity contribution < 1.29 is 0 Å². The summed E-state index contributed by atoms with van der Waals surface area (Å²) in [6.07, 6.45) is 0. The lowest BCUT2D eigenvalue weighted by Crippen LogP contribution is -2.10. The van der Waals surface area contributed by atoms with E-state index in [1.54, 1.807) is 0 Å². The zero-order valence-corrected chi connectivity index (χ0v) is 24.9. The van der Waals surface area contributed by atoms with Crippen LogP contribution < -0.4 is 0 Å². The minimum atomic E-state index is 0.124. The molecule has 1 aliphatic rings. The van der Waals surface area contributed by atoms with E-state index in [-0.39, 0.29) is 5.41 Å². The Kier molecular flexibility index (Phi) is 5.80. The van der Waals surface area contributed by atoms with Crippen molar-refractivity contribution in [3.8, 4) is 55.6 Å². The van der Waals surface area contributed by atoms with Gasteiger partial charge in [0.05, 0.1) is 0 Å². The van der Waals surface area contributed by atoms with Crippen molar-refractivity contribution in [1.82, 2.24) is 0 Å². The van der Waals surface area contributed by atoms with Crippen LogP contribution in [0.15, 0.2) is 109 Å². The minimum absolute atomic E-state index is 0.124. The normalized spacial score (nSPS) is 12.1. The van der Waals surface area contributed by atoms with Crippen molar-refractivity contribution in [3.63, 3.8) is 0 Å². The number of fused-ring (bicyclic) bond motifs is 3. The molecule has 0 heterocycles. The molecule has 0 amide bonds. The molecule has 0 nitrogen and oxygen atoms in total. The lowest BCUT2D eigenvalue weighted by molar-refractivity contribution is 0.590. The van der Waals surface area contributed by atoms with Crippen LogP contribution in [-0.2, 0) is 5.41 Å². The zero-order valence-electron chi connectivity index (χ0n) is 24.9. The molecule has 1 aliphatic carbocycles. The van der Waals surface area contributed by atoms with E-state index in [0.29, 0.717) is 0 Å². The summed E-state index contributed by atoms with van der Waals surface area (Å²) < 4.78 is 0. The fourth-order valence-electron chi connectivity index (χ4n) is 6.91. The van der Waals surface area contributed by atoms with Gasteiger partial charge in [0.25, 0.3) is 0 Å². The second-order valence-corrected chi connectivity index (χ2v) is 12.8. The third kappa shape index (κ3) is 4.21. The largest absolute Gasteiger partial charge is 0.0610 e. The van der Waals surface area contributed by atoms with Gasteiger partial charge in [-0.2, -0.15) is 0 Å². The molecule has 0 heteroatoms. The highest BCUT2D eigenvalue weighted by molar-refractivity contribution is 6.18. The molecular weight excluding hydrogens is 492 g/mol. The first-order valence-corrected chi connectivity index (χ1v) is 14.7. The first-order chi connectivity index (χ1) is 19.7. The maximum atomic E-state index is 2.41. The standard InChI is InChI=1S/C41H36/c1-25-21-26(2)39(27(3)22-25)29-15-13-28(14-16-29)30-9-7-10-31(23-30)33-19-20-37-34-18-17-32(41(4,5)6)24-38(34)36-12-8-11-35(33)40(36)37/h7-24H,1-6H3. The molecule has 0 radical (unpaired) electrons. The highest BCUT2D eigenvalue weighted by Gasteiger charge is 2.25. The molecule has 6 aromatic carbocycles. The first-order valence-electron chi connectivity index (χ1n) is 14.7. The van der Waals surface area contributed by atoms with E-state index in [0.717, 1.165) is 0 Å². The van der Waals surface area contributed by atoms with Crippen LogP contribution in [0.1, 0.15) is 43.0 Å². The monoisotopic (exact) mass is 528 g/mol. The molecule has 41 heavy (non-hydrogen) atoms. The lowest BCUT2D eigenvalue weighted by atomic mass is 9.85. The Labute approximate surface area is 244 Å². The SMILES string of the molecule is Cc1cc(C)c(-c2ccc(-c3cccc(-c4ccc5c6c(cccc46)-c4cc(C(C)(C)C)ccc4-5)c3)cc2)c(C)c1. The molecule has 0 saturated carbocycles. The molecule has 200 valence electrons. The predicted molar refractivity (Wildman–Crippen MR) is 178 cm³/mol. The number of hydrogen-bond donors (Lipinski definition) is 0. The predicted octanol–water partition coefficient (Wildman–Crippen LogP) is 11.7. The molecule has 7 rings (SSSR count). The van der Waals surface area contributed by atoms with Gasteiger partial charge in [0.2, 0.25) is 0 Å². The van der Waals surface area contributed by atoms with Crippen molar-refractivity contribution >= 4 is 10.8 Å². The van der Waals surface area contributed by atoms with Crippen LogP contribution >= 0.6 is 0 Å². The van der Waals surface area contributed by atoms with E-state index >= 15 is 0 Å². The second-order valence-electron chi connectivity index (χ2n) is 12.8. The summed E-state index contributed by atoms with van der Waals surface area (Å²) in [5, 5.41) is 2.70. The summed E-state index contributed by atoms with van der Waals surface area (Å²) in [6, 6.07) is 41.2. The maximum Gasteiger partial charge on any atom is -0.00201 e. The Morgan fingerprint density at radius 2 is 1.05 bits per heavy atom. The fraction of sp³-hybridized carbons (Fsp3) is 0.171. The second kappa shape index (κ2) is 9.32. The summed E-state index contributed by atoms with van der Waals surface area (Å²) in [4.78, 5) is 0. The summed E-state index contributed by atoms with van der Waals surface area (Å²) in [7, 11) is 0. The van der Waals surface area contributed by atoms with E-state index in [2.05, 4.69) is 151 Å². The Bertz CT molecular complexity index is 1950. The smallest absolute Gasteiger partial charge is 0.00201 e. The van der Waals surface area contributed by atoms with Gasteiger partial charge in [0.1, 0.15) is 0 Å². The van der Waals surface area contributed by atoms with E-state index < -0.39 is 0 Å². The molecule has 0 fully saturated rings. The number of rotatable bonds is 3. The van der Waals surface area contributed by atoms with Crippen molar-refractivity contribution in [2.24, 2.45) is 0 Å². The third-order valence-electron chi connectivity index (χ3n) is 8.86. The van der Waals surface area contributed by atoms with Crippen LogP contribution in [-0.4, -0.2) is 0 Å². The minimum Gasteiger partial charge on any atom is -0.0610 e. The van der Waals surface area contributed by atoms with Crippen LogP contribution in [0.3, 0.4) is 0 Å². The summed E-state index contributed by atoms with van der Waals surface area (Å²) >= 11 is 0. The molecule has 0 atom stereocenters. The van der Waals surface area contributed by atoms with Gasteiger partial charge in [-0.15, -0.1) is 0 Å².